The lowest BCUT2D eigenvalue weighted by Crippen LogP contribution is -2.04. The van der Waals surface area contributed by atoms with Gasteiger partial charge in [-0.05, 0) is 13.0 Å². The summed E-state index contributed by atoms with van der Waals surface area (Å²) in [5.74, 6) is 0.908. The van der Waals surface area contributed by atoms with Gasteiger partial charge in [-0.1, -0.05) is 5.16 Å². The predicted octanol–water partition coefficient (Wildman–Crippen LogP) is 1.25. The van der Waals surface area contributed by atoms with Crippen molar-refractivity contribution in [1.29, 1.82) is 0 Å². The number of hydrogen-bond donors (Lipinski definition) is 1. The largest absolute Gasteiger partial charge is 0.472 e. The van der Waals surface area contributed by atoms with E-state index in [2.05, 4.69) is 10.1 Å². The molecule has 2 aromatic heterocycles. The van der Waals surface area contributed by atoms with Crippen LogP contribution in [0.1, 0.15) is 12.8 Å². The van der Waals surface area contributed by atoms with E-state index >= 15 is 0 Å². The fourth-order valence-electron chi connectivity index (χ4n) is 1.10. The van der Waals surface area contributed by atoms with E-state index in [-0.39, 0.29) is 0 Å². The van der Waals surface area contributed by atoms with Crippen LogP contribution >= 0.6 is 0 Å². The van der Waals surface area contributed by atoms with Crippen molar-refractivity contribution in [3.05, 3.63) is 24.5 Å². The van der Waals surface area contributed by atoms with Crippen LogP contribution in [0.5, 0.6) is 0 Å². The van der Waals surface area contributed by atoms with Crippen LogP contribution in [-0.4, -0.2) is 21.4 Å². The molecule has 1 N–H and O–H groups in total. The molecule has 0 amide bonds. The Morgan fingerprint density at radius 2 is 2.43 bits per heavy atom. The fraction of sp³-hybridized carbons (Fsp3) is 0.333. The Balaban J connectivity index is 2.18. The van der Waals surface area contributed by atoms with E-state index in [1.165, 1.54) is 6.26 Å². The third kappa shape index (κ3) is 1.82. The minimum atomic E-state index is -0.479. The zero-order valence-corrected chi connectivity index (χ0v) is 7.67. The lowest BCUT2D eigenvalue weighted by Gasteiger charge is -1.95. The molecule has 0 bridgehead atoms. The molecule has 74 valence electrons. The topological polar surface area (TPSA) is 72.3 Å². The van der Waals surface area contributed by atoms with E-state index in [1.807, 2.05) is 0 Å². The summed E-state index contributed by atoms with van der Waals surface area (Å²) in [7, 11) is 0. The molecule has 1 atom stereocenters. The Bertz CT molecular complexity index is 392. The number of furan rings is 1. The lowest BCUT2D eigenvalue weighted by atomic mass is 10.3. The minimum absolute atomic E-state index is 0.366. The normalized spacial score (nSPS) is 13.0. The molecule has 14 heavy (non-hydrogen) atoms. The van der Waals surface area contributed by atoms with Crippen LogP contribution in [0.3, 0.4) is 0 Å². The molecule has 2 aromatic rings. The summed E-state index contributed by atoms with van der Waals surface area (Å²) in [5, 5.41) is 12.9. The van der Waals surface area contributed by atoms with E-state index in [4.69, 9.17) is 14.0 Å². The Hall–Kier alpha value is -1.62. The number of aromatic nitrogens is 2. The number of rotatable bonds is 3. The van der Waals surface area contributed by atoms with Gasteiger partial charge >= 0.3 is 0 Å². The minimum Gasteiger partial charge on any atom is -0.472 e. The summed E-state index contributed by atoms with van der Waals surface area (Å²) in [4.78, 5) is 4.10. The van der Waals surface area contributed by atoms with Crippen molar-refractivity contribution in [2.45, 2.75) is 19.4 Å². The Labute approximate surface area is 80.4 Å². The van der Waals surface area contributed by atoms with Gasteiger partial charge in [0.25, 0.3) is 0 Å². The second kappa shape index (κ2) is 3.63. The second-order valence-electron chi connectivity index (χ2n) is 3.08. The van der Waals surface area contributed by atoms with Gasteiger partial charge in [0.2, 0.25) is 11.7 Å². The van der Waals surface area contributed by atoms with E-state index in [0.717, 1.165) is 5.56 Å². The quantitative estimate of drug-likeness (QED) is 0.796. The maximum atomic E-state index is 9.10. The molecule has 1 unspecified atom stereocenters. The summed E-state index contributed by atoms with van der Waals surface area (Å²) in [5.41, 5.74) is 0.769. The molecular weight excluding hydrogens is 184 g/mol. The first-order valence-corrected chi connectivity index (χ1v) is 4.29. The Kier molecular flexibility index (Phi) is 2.32. The predicted molar refractivity (Wildman–Crippen MR) is 47.4 cm³/mol. The van der Waals surface area contributed by atoms with Gasteiger partial charge < -0.3 is 14.0 Å². The monoisotopic (exact) mass is 194 g/mol. The highest BCUT2D eigenvalue weighted by Crippen LogP contribution is 2.16. The summed E-state index contributed by atoms with van der Waals surface area (Å²) in [6.45, 7) is 1.67. The molecule has 0 saturated carbocycles. The molecule has 2 rings (SSSR count). The van der Waals surface area contributed by atoms with E-state index in [1.54, 1.807) is 19.3 Å². The molecule has 0 radical (unpaired) electrons. The second-order valence-corrected chi connectivity index (χ2v) is 3.08. The van der Waals surface area contributed by atoms with Gasteiger partial charge in [0.1, 0.15) is 6.26 Å². The molecule has 0 spiro atoms. The maximum absolute atomic E-state index is 9.10. The van der Waals surface area contributed by atoms with Gasteiger partial charge in [-0.25, -0.2) is 0 Å². The highest BCUT2D eigenvalue weighted by Gasteiger charge is 2.10. The molecule has 0 fully saturated rings. The number of aliphatic hydroxyl groups excluding tert-OH is 1. The van der Waals surface area contributed by atoms with Gasteiger partial charge in [-0.3, -0.25) is 0 Å². The van der Waals surface area contributed by atoms with Crippen molar-refractivity contribution in [3.63, 3.8) is 0 Å². The molecule has 0 aliphatic rings. The molecular formula is C9H10N2O3. The smallest absolute Gasteiger partial charge is 0.229 e. The first kappa shape index (κ1) is 8.96. The highest BCUT2D eigenvalue weighted by molar-refractivity contribution is 5.51. The average molecular weight is 194 g/mol. The van der Waals surface area contributed by atoms with Crippen molar-refractivity contribution in [3.8, 4) is 11.4 Å². The molecule has 0 saturated heterocycles. The SMILES string of the molecule is CC(O)Cc1nc(-c2ccoc2)no1. The summed E-state index contributed by atoms with van der Waals surface area (Å²) in [6, 6.07) is 1.75. The molecule has 2 heterocycles. The van der Waals surface area contributed by atoms with Crippen LogP contribution in [0.25, 0.3) is 11.4 Å². The first-order chi connectivity index (χ1) is 6.75. The zero-order valence-electron chi connectivity index (χ0n) is 7.67. The summed E-state index contributed by atoms with van der Waals surface area (Å²) in [6.07, 6.45) is 2.97. The van der Waals surface area contributed by atoms with Crippen LogP contribution in [0.4, 0.5) is 0 Å². The van der Waals surface area contributed by atoms with Crippen molar-refractivity contribution in [2.24, 2.45) is 0 Å². The summed E-state index contributed by atoms with van der Waals surface area (Å²) < 4.78 is 9.82. The standard InChI is InChI=1S/C9H10N2O3/c1-6(12)4-8-10-9(11-14-8)7-2-3-13-5-7/h2-3,5-6,12H,4H2,1H3. The molecule has 5 heteroatoms. The molecule has 0 aliphatic heterocycles. The molecule has 5 nitrogen and oxygen atoms in total. The van der Waals surface area contributed by atoms with Crippen LogP contribution in [-0.2, 0) is 6.42 Å². The van der Waals surface area contributed by atoms with Crippen molar-refractivity contribution in [1.82, 2.24) is 10.1 Å². The molecule has 0 aliphatic carbocycles. The van der Waals surface area contributed by atoms with Gasteiger partial charge in [0.15, 0.2) is 0 Å². The van der Waals surface area contributed by atoms with Gasteiger partial charge in [0, 0.05) is 0 Å². The van der Waals surface area contributed by atoms with E-state index in [9.17, 15) is 0 Å². The van der Waals surface area contributed by atoms with Crippen LogP contribution in [0.2, 0.25) is 0 Å². The van der Waals surface area contributed by atoms with Crippen LogP contribution in [0, 0.1) is 0 Å². The van der Waals surface area contributed by atoms with Crippen molar-refractivity contribution < 1.29 is 14.0 Å². The number of aliphatic hydroxyl groups is 1. The fourth-order valence-corrected chi connectivity index (χ4v) is 1.10. The Morgan fingerprint density at radius 1 is 1.57 bits per heavy atom. The van der Waals surface area contributed by atoms with Crippen LogP contribution < -0.4 is 0 Å². The number of nitrogens with zero attached hydrogens (tertiary/aromatic N) is 2. The van der Waals surface area contributed by atoms with E-state index in [0.29, 0.717) is 18.1 Å². The van der Waals surface area contributed by atoms with E-state index < -0.39 is 6.10 Å². The lowest BCUT2D eigenvalue weighted by molar-refractivity contribution is 0.181. The van der Waals surface area contributed by atoms with Crippen molar-refractivity contribution >= 4 is 0 Å². The first-order valence-electron chi connectivity index (χ1n) is 4.29. The third-order valence-corrected chi connectivity index (χ3v) is 1.72. The Morgan fingerprint density at radius 3 is 3.07 bits per heavy atom. The molecule has 0 aromatic carbocycles. The average Bonchev–Trinajstić information content (AvgIpc) is 2.69. The third-order valence-electron chi connectivity index (χ3n) is 1.72. The number of hydrogen-bond acceptors (Lipinski definition) is 5. The van der Waals surface area contributed by atoms with Gasteiger partial charge in [-0.2, -0.15) is 4.98 Å². The van der Waals surface area contributed by atoms with Gasteiger partial charge in [0.05, 0.1) is 24.4 Å². The van der Waals surface area contributed by atoms with Crippen LogP contribution in [0.15, 0.2) is 27.5 Å². The van der Waals surface area contributed by atoms with Crippen molar-refractivity contribution in [2.75, 3.05) is 0 Å². The maximum Gasteiger partial charge on any atom is 0.229 e. The highest BCUT2D eigenvalue weighted by atomic mass is 16.5. The van der Waals surface area contributed by atoms with Gasteiger partial charge in [-0.15, -0.1) is 0 Å². The summed E-state index contributed by atoms with van der Waals surface area (Å²) >= 11 is 0. The zero-order chi connectivity index (χ0) is 9.97.